The van der Waals surface area contributed by atoms with Gasteiger partial charge in [-0.15, -0.1) is 13.2 Å². The molecular weight excluding hydrogens is 749 g/mol. The van der Waals surface area contributed by atoms with Gasteiger partial charge in [-0.25, -0.2) is 0 Å². The van der Waals surface area contributed by atoms with Gasteiger partial charge in [0.15, 0.2) is 0 Å². The quantitative estimate of drug-likeness (QED) is 0.101. The minimum Gasteiger partial charge on any atom is -0.334 e. The molecule has 0 aliphatic heterocycles. The first-order valence-electron chi connectivity index (χ1n) is 21.6. The van der Waals surface area contributed by atoms with E-state index in [1.54, 1.807) is 0 Å². The highest BCUT2D eigenvalue weighted by molar-refractivity contribution is 5.89. The van der Waals surface area contributed by atoms with Crippen molar-refractivity contribution in [2.24, 2.45) is 0 Å². The Labute approximate surface area is 367 Å². The summed E-state index contributed by atoms with van der Waals surface area (Å²) in [6, 6.07) is 76.4. The van der Waals surface area contributed by atoms with Crippen LogP contribution in [0.2, 0.25) is 0 Å². The number of hydrogen-bond donors (Lipinski definition) is 0. The van der Waals surface area contributed by atoms with Crippen molar-refractivity contribution in [1.29, 1.82) is 0 Å². The highest BCUT2D eigenvalue weighted by Crippen LogP contribution is 2.42. The van der Waals surface area contributed by atoms with Gasteiger partial charge < -0.3 is 9.80 Å². The number of benzene rings is 8. The van der Waals surface area contributed by atoms with E-state index < -0.39 is 0 Å². The molecule has 300 valence electrons. The maximum Gasteiger partial charge on any atom is 0.0554 e. The molecule has 8 aromatic carbocycles. The summed E-state index contributed by atoms with van der Waals surface area (Å²) in [6.45, 7) is 8.31. The van der Waals surface area contributed by atoms with E-state index in [9.17, 15) is 0 Å². The van der Waals surface area contributed by atoms with Gasteiger partial charge in [0.25, 0.3) is 0 Å². The smallest absolute Gasteiger partial charge is 0.0554 e. The molecule has 0 saturated heterocycles. The van der Waals surface area contributed by atoms with Gasteiger partial charge >= 0.3 is 0 Å². The van der Waals surface area contributed by atoms with Gasteiger partial charge in [-0.3, -0.25) is 0 Å². The Kier molecular flexibility index (Phi) is 12.0. The normalized spacial score (nSPS) is 12.7. The van der Waals surface area contributed by atoms with Gasteiger partial charge in [0.2, 0.25) is 0 Å². The summed E-state index contributed by atoms with van der Waals surface area (Å²) in [5, 5.41) is 0. The highest BCUT2D eigenvalue weighted by Gasteiger charge is 2.24. The lowest BCUT2D eigenvalue weighted by Crippen LogP contribution is -2.34. The van der Waals surface area contributed by atoms with Crippen LogP contribution in [0, 0.1) is 0 Å². The molecule has 0 aromatic heterocycles. The monoisotopic (exact) mass is 798 g/mol. The highest BCUT2D eigenvalue weighted by atomic mass is 15.2. The molecule has 1 unspecified atom stereocenters. The minimum absolute atomic E-state index is 0.0817. The van der Waals surface area contributed by atoms with Crippen molar-refractivity contribution in [2.75, 3.05) is 9.80 Å². The third-order valence-electron chi connectivity index (χ3n) is 11.8. The topological polar surface area (TPSA) is 6.48 Å². The first-order valence-corrected chi connectivity index (χ1v) is 21.6. The van der Waals surface area contributed by atoms with E-state index in [0.717, 1.165) is 42.0 Å². The molecule has 0 amide bonds. The average Bonchev–Trinajstić information content (AvgIpc) is 3.36. The second-order valence-corrected chi connectivity index (χ2v) is 15.7. The SMILES string of the molecule is C=CCC(C=C)N(C1=CCCC=C1c1ccccc1)c1ccc(-c2ccc(-c3ccc(-c4ccc(N(c5ccccc5)c5ccccc5-c5ccccc5)cc4)cc3)cc2)cc1. The van der Waals surface area contributed by atoms with Crippen molar-refractivity contribution in [3.05, 3.63) is 261 Å². The van der Waals surface area contributed by atoms with Crippen LogP contribution in [0.1, 0.15) is 24.8 Å². The Balaban J connectivity index is 0.929. The van der Waals surface area contributed by atoms with Crippen LogP contribution >= 0.6 is 0 Å². The van der Waals surface area contributed by atoms with E-state index in [0.29, 0.717) is 0 Å². The first-order chi connectivity index (χ1) is 30.7. The van der Waals surface area contributed by atoms with E-state index in [4.69, 9.17) is 0 Å². The Morgan fingerprint density at radius 2 is 0.823 bits per heavy atom. The second kappa shape index (κ2) is 18.7. The zero-order chi connectivity index (χ0) is 42.1. The molecule has 8 aromatic rings. The van der Waals surface area contributed by atoms with Crippen molar-refractivity contribution in [3.63, 3.8) is 0 Å². The summed E-state index contributed by atoms with van der Waals surface area (Å²) in [4.78, 5) is 4.78. The number of rotatable bonds is 14. The van der Waals surface area contributed by atoms with Crippen molar-refractivity contribution >= 4 is 28.3 Å². The summed E-state index contributed by atoms with van der Waals surface area (Å²) in [6.07, 6.45) is 11.6. The standard InChI is InChI=1S/C60H50N2/c1-3-18-53(4-2)61(59-27-16-14-25-57(59)51-19-8-5-9-20-51)55-41-37-49(38-42-55)47-33-29-45(30-34-47)46-31-35-48(36-32-46)50-39-43-56(44-40-50)62(54-23-12-7-13-24-54)60-28-17-15-26-58(60)52-21-10-6-11-22-52/h3-13,15,17,19-44,53H,1-2,14,16,18H2. The predicted octanol–water partition coefficient (Wildman–Crippen LogP) is 16.5. The average molecular weight is 799 g/mol. The fourth-order valence-electron chi connectivity index (χ4n) is 8.62. The third kappa shape index (κ3) is 8.50. The fourth-order valence-corrected chi connectivity index (χ4v) is 8.62. The number of para-hydroxylation sites is 2. The van der Waals surface area contributed by atoms with Crippen LogP contribution in [0.3, 0.4) is 0 Å². The molecule has 62 heavy (non-hydrogen) atoms. The Morgan fingerprint density at radius 1 is 0.403 bits per heavy atom. The molecule has 0 radical (unpaired) electrons. The number of allylic oxidation sites excluding steroid dienone is 3. The Hall–Kier alpha value is -7.68. The van der Waals surface area contributed by atoms with Crippen molar-refractivity contribution in [3.8, 4) is 44.5 Å². The Morgan fingerprint density at radius 3 is 1.34 bits per heavy atom. The molecule has 1 aliphatic rings. The molecule has 0 bridgehead atoms. The molecule has 0 spiro atoms. The van der Waals surface area contributed by atoms with E-state index >= 15 is 0 Å². The third-order valence-corrected chi connectivity index (χ3v) is 11.8. The molecule has 0 saturated carbocycles. The molecule has 2 heteroatoms. The summed E-state index contributed by atoms with van der Waals surface area (Å²) < 4.78 is 0. The lowest BCUT2D eigenvalue weighted by molar-refractivity contribution is 0.766. The van der Waals surface area contributed by atoms with Crippen LogP contribution in [0.4, 0.5) is 22.7 Å². The summed E-state index contributed by atoms with van der Waals surface area (Å²) in [5.41, 5.74) is 17.7. The minimum atomic E-state index is 0.0817. The maximum absolute atomic E-state index is 4.24. The van der Waals surface area contributed by atoms with Gasteiger partial charge in [0.1, 0.15) is 0 Å². The molecule has 1 aliphatic carbocycles. The van der Waals surface area contributed by atoms with Crippen LogP contribution in [0.15, 0.2) is 255 Å². The predicted molar refractivity (Wildman–Crippen MR) is 266 cm³/mol. The van der Waals surface area contributed by atoms with Crippen molar-refractivity contribution < 1.29 is 0 Å². The fraction of sp³-hybridized carbons (Fsp3) is 0.0667. The Bertz CT molecular complexity index is 2800. The molecular formula is C60H50N2. The molecule has 9 rings (SSSR count). The number of nitrogens with zero attached hydrogens (tertiary/aromatic N) is 2. The lowest BCUT2D eigenvalue weighted by atomic mass is 9.93. The zero-order valence-electron chi connectivity index (χ0n) is 35.0. The first kappa shape index (κ1) is 39.8. The van der Waals surface area contributed by atoms with Crippen LogP contribution in [-0.2, 0) is 0 Å². The van der Waals surface area contributed by atoms with E-state index in [2.05, 4.69) is 247 Å². The maximum atomic E-state index is 4.24. The van der Waals surface area contributed by atoms with Gasteiger partial charge in [-0.2, -0.15) is 0 Å². The summed E-state index contributed by atoms with van der Waals surface area (Å²) in [7, 11) is 0. The molecule has 2 nitrogen and oxygen atoms in total. The van der Waals surface area contributed by atoms with Crippen LogP contribution in [0.5, 0.6) is 0 Å². The lowest BCUT2D eigenvalue weighted by Gasteiger charge is -2.36. The van der Waals surface area contributed by atoms with E-state index in [1.807, 2.05) is 12.2 Å². The number of anilines is 4. The zero-order valence-corrected chi connectivity index (χ0v) is 35.0. The number of hydrogen-bond acceptors (Lipinski definition) is 2. The van der Waals surface area contributed by atoms with Crippen LogP contribution in [-0.4, -0.2) is 6.04 Å². The molecule has 0 fully saturated rings. The summed E-state index contributed by atoms with van der Waals surface area (Å²) in [5.74, 6) is 0. The van der Waals surface area contributed by atoms with Crippen molar-refractivity contribution in [2.45, 2.75) is 25.3 Å². The second-order valence-electron chi connectivity index (χ2n) is 15.7. The van der Waals surface area contributed by atoms with Gasteiger partial charge in [0, 0.05) is 33.9 Å². The molecule has 1 atom stereocenters. The largest absolute Gasteiger partial charge is 0.334 e. The van der Waals surface area contributed by atoms with Gasteiger partial charge in [-0.05, 0) is 106 Å². The van der Waals surface area contributed by atoms with E-state index in [-0.39, 0.29) is 6.04 Å². The van der Waals surface area contributed by atoms with Gasteiger partial charge in [-0.1, -0.05) is 194 Å². The van der Waals surface area contributed by atoms with E-state index in [1.165, 1.54) is 61.3 Å². The van der Waals surface area contributed by atoms with Crippen LogP contribution < -0.4 is 9.80 Å². The van der Waals surface area contributed by atoms with Crippen LogP contribution in [0.25, 0.3) is 50.1 Å². The summed E-state index contributed by atoms with van der Waals surface area (Å²) >= 11 is 0. The molecule has 0 N–H and O–H groups in total. The molecule has 0 heterocycles. The van der Waals surface area contributed by atoms with Crippen molar-refractivity contribution in [1.82, 2.24) is 0 Å². The van der Waals surface area contributed by atoms with Gasteiger partial charge in [0.05, 0.1) is 11.7 Å².